The summed E-state index contributed by atoms with van der Waals surface area (Å²) in [7, 11) is 0. The zero-order chi connectivity index (χ0) is 60.5. The van der Waals surface area contributed by atoms with E-state index in [0.717, 1.165) is 0 Å². The Labute approximate surface area is 472 Å². The maximum atomic E-state index is 14.3. The van der Waals surface area contributed by atoms with E-state index in [-0.39, 0.29) is 141 Å². The minimum Gasteiger partial charge on any atom is -0.394 e. The number of amides is 12. The van der Waals surface area contributed by atoms with Gasteiger partial charge >= 0.3 is 0 Å². The fraction of sp³-hybridized carbons (Fsp3) is 0.755. The van der Waals surface area contributed by atoms with Crippen molar-refractivity contribution in [2.24, 2.45) is 17.4 Å². The van der Waals surface area contributed by atoms with E-state index < -0.39 is 152 Å². The van der Waals surface area contributed by atoms with Gasteiger partial charge in [-0.15, -0.1) is 0 Å². The summed E-state index contributed by atoms with van der Waals surface area (Å²) >= 11 is 0. The molecule has 0 spiro atoms. The quantitative estimate of drug-likeness (QED) is 0.0137. The Morgan fingerprint density at radius 3 is 2.05 bits per heavy atom. The molecule has 1 saturated carbocycles. The molecule has 13 atom stereocenters. The van der Waals surface area contributed by atoms with Gasteiger partial charge in [-0.2, -0.15) is 0 Å². The number of unbranched alkanes of at least 4 members (excludes halogenated alkanes) is 1. The molecule has 3 aliphatic heterocycles. The molecule has 3 saturated heterocycles. The highest BCUT2D eigenvalue weighted by atomic mass is 16.5. The smallest absolute Gasteiger partial charge is 0.245 e. The summed E-state index contributed by atoms with van der Waals surface area (Å²) in [5, 5.41) is 87.8. The van der Waals surface area contributed by atoms with Crippen molar-refractivity contribution in [2.45, 2.75) is 175 Å². The fourth-order valence-corrected chi connectivity index (χ4v) is 10.5. The number of nitrogens with two attached hydrogens (primary N) is 2. The van der Waals surface area contributed by atoms with Crippen LogP contribution in [0, 0.1) is 5.92 Å². The number of primary amides is 1. The van der Waals surface area contributed by atoms with Crippen molar-refractivity contribution in [3.05, 3.63) is 0 Å². The second-order valence-electron chi connectivity index (χ2n) is 20.9. The van der Waals surface area contributed by atoms with Crippen molar-refractivity contribution in [1.29, 1.82) is 0 Å². The third kappa shape index (κ3) is 21.2. The van der Waals surface area contributed by atoms with Gasteiger partial charge in [0.15, 0.2) is 0 Å². The highest BCUT2D eigenvalue weighted by molar-refractivity contribution is 5.97. The molecule has 4 aliphatic rings. The molecule has 33 nitrogen and oxygen atoms in total. The van der Waals surface area contributed by atoms with Crippen LogP contribution in [0.15, 0.2) is 0 Å². The molecule has 20 N–H and O–H groups in total. The summed E-state index contributed by atoms with van der Waals surface area (Å²) < 4.78 is 0. The number of rotatable bonds is 30. The van der Waals surface area contributed by atoms with E-state index in [1.54, 1.807) is 4.90 Å². The normalized spacial score (nSPS) is 26.2. The third-order valence-electron chi connectivity index (χ3n) is 14.8. The average molecular weight is 1170 g/mol. The second-order valence-corrected chi connectivity index (χ2v) is 20.9. The van der Waals surface area contributed by atoms with Crippen LogP contribution in [0.2, 0.25) is 0 Å². The Balaban J connectivity index is 1.47. The summed E-state index contributed by atoms with van der Waals surface area (Å²) in [5.41, 5.74) is 11.0. The molecular formula is C49H83N15O18. The van der Waals surface area contributed by atoms with Gasteiger partial charge in [0, 0.05) is 38.5 Å². The number of hydrogen-bond donors (Lipinski definition) is 18. The van der Waals surface area contributed by atoms with Gasteiger partial charge in [-0.1, -0.05) is 0 Å². The molecule has 0 aromatic carbocycles. The van der Waals surface area contributed by atoms with Crippen LogP contribution in [0.25, 0.3) is 0 Å². The highest BCUT2D eigenvalue weighted by Crippen LogP contribution is 2.40. The number of nitrogens with one attached hydrogen (secondary N) is 10. The molecule has 462 valence electrons. The maximum absolute atomic E-state index is 14.3. The molecule has 1 aliphatic carbocycles. The molecule has 0 aromatic heterocycles. The predicted molar refractivity (Wildman–Crippen MR) is 282 cm³/mol. The molecule has 0 radical (unpaired) electrons. The van der Waals surface area contributed by atoms with Crippen LogP contribution in [0.1, 0.15) is 103 Å². The largest absolute Gasteiger partial charge is 0.394 e. The highest BCUT2D eigenvalue weighted by Gasteiger charge is 2.53. The van der Waals surface area contributed by atoms with E-state index in [4.69, 9.17) is 11.5 Å². The number of piperidine rings is 1. The Morgan fingerprint density at radius 1 is 0.707 bits per heavy atom. The Bertz CT molecular complexity index is 2200. The first-order valence-corrected chi connectivity index (χ1v) is 27.7. The van der Waals surface area contributed by atoms with E-state index in [9.17, 15) is 88.4 Å². The summed E-state index contributed by atoms with van der Waals surface area (Å²) in [6.07, 6.45) is -1.73. The van der Waals surface area contributed by atoms with Crippen molar-refractivity contribution < 1.29 is 88.4 Å². The molecule has 3 heterocycles. The van der Waals surface area contributed by atoms with Crippen molar-refractivity contribution in [2.75, 3.05) is 52.5 Å². The van der Waals surface area contributed by atoms with Gasteiger partial charge in [-0.05, 0) is 109 Å². The van der Waals surface area contributed by atoms with Crippen LogP contribution in [-0.2, 0) is 57.5 Å². The van der Waals surface area contributed by atoms with E-state index in [1.165, 1.54) is 0 Å². The first kappa shape index (κ1) is 67.8. The molecule has 4 rings (SSSR count). The Morgan fingerprint density at radius 2 is 1.38 bits per heavy atom. The van der Waals surface area contributed by atoms with Gasteiger partial charge in [0.1, 0.15) is 36.3 Å². The van der Waals surface area contributed by atoms with E-state index in [2.05, 4.69) is 53.2 Å². The van der Waals surface area contributed by atoms with Gasteiger partial charge in [0.05, 0.1) is 50.2 Å². The lowest BCUT2D eigenvalue weighted by molar-refractivity contribution is -0.150. The number of nitrogens with zero attached hydrogens (tertiary/aromatic N) is 3. The minimum atomic E-state index is -1.62. The van der Waals surface area contributed by atoms with Gasteiger partial charge in [-0.25, -0.2) is 10.1 Å². The standard InChI is InChI=1S/C49H83N15O18/c50-14-3-1-7-28(57-48(79)34(24-66)61-49(80)35-13-16-52-42-32(56-40(72)12-11-39(51)71)19-27-20-37(69)38(70)21-36(27)64(35)42)43(74)54-22-41(73)55-29(9-5-17-62(81)25-67)45(76)58-30-8-2-4-15-53-44(75)33(23-65)60-47(78)31(59-46(30)77)10-6-18-63(82)26-68/h25-38,42,52,65-66,69-70,81-82H,1-24,50H2,(H2,51,71)(H,53,75)(H,54,74)(H,55,73)(H,56,72)(H,57,79)(H,58,76)(H,59,77)(H,60,78)(H,61,80). The number of hydroxylamine groups is 4. The van der Waals surface area contributed by atoms with E-state index in [0.29, 0.717) is 23.0 Å². The minimum absolute atomic E-state index is 0.0333. The molecule has 12 amide bonds. The molecule has 33 heteroatoms. The third-order valence-corrected chi connectivity index (χ3v) is 14.8. The van der Waals surface area contributed by atoms with Gasteiger partial charge in [-0.3, -0.25) is 78.2 Å². The number of fused-ring (bicyclic) bond motifs is 3. The van der Waals surface area contributed by atoms with Crippen molar-refractivity contribution >= 4 is 71.9 Å². The monoisotopic (exact) mass is 1170 g/mol. The SMILES string of the molecule is NCCCCC(NC(=O)C(CO)NC(=O)C1CCNC2C(NC(=O)CCC(N)=O)CC3CC(O)C(O)CC3N12)C(=O)NCC(=O)NC(CCCN(O)C=O)C(=O)NC1CCCCNC(=O)C(CO)NC(=O)C(CCCN(O)C=O)NC1=O. The number of hydrogen-bond acceptors (Lipinski definition) is 21. The summed E-state index contributed by atoms with van der Waals surface area (Å²) in [6.45, 7) is -2.54. The number of carbonyl (C=O) groups excluding carboxylic acids is 12. The van der Waals surface area contributed by atoms with Crippen LogP contribution in [0.4, 0.5) is 0 Å². The molecular weight excluding hydrogens is 1090 g/mol. The van der Waals surface area contributed by atoms with Crippen LogP contribution < -0.4 is 64.6 Å². The van der Waals surface area contributed by atoms with Gasteiger partial charge in [0.2, 0.25) is 71.9 Å². The zero-order valence-electron chi connectivity index (χ0n) is 45.7. The molecule has 4 fully saturated rings. The van der Waals surface area contributed by atoms with E-state index >= 15 is 0 Å². The fourth-order valence-electron chi connectivity index (χ4n) is 10.5. The van der Waals surface area contributed by atoms with Crippen molar-refractivity contribution in [3.63, 3.8) is 0 Å². The van der Waals surface area contributed by atoms with Crippen LogP contribution in [0.5, 0.6) is 0 Å². The summed E-state index contributed by atoms with van der Waals surface area (Å²) in [4.78, 5) is 158. The van der Waals surface area contributed by atoms with Crippen LogP contribution >= 0.6 is 0 Å². The number of aliphatic hydroxyl groups excluding tert-OH is 4. The van der Waals surface area contributed by atoms with Gasteiger partial charge in [0.25, 0.3) is 0 Å². The van der Waals surface area contributed by atoms with Crippen LogP contribution in [0.3, 0.4) is 0 Å². The molecule has 82 heavy (non-hydrogen) atoms. The second kappa shape index (κ2) is 34.7. The Kier molecular flexibility index (Phi) is 28.6. The van der Waals surface area contributed by atoms with Crippen molar-refractivity contribution in [1.82, 2.24) is 68.2 Å². The first-order chi connectivity index (χ1) is 39.1. The number of carbonyl (C=O) groups is 12. The average Bonchev–Trinajstić information content (AvgIpc) is 1.58. The lowest BCUT2D eigenvalue weighted by Gasteiger charge is -2.57. The molecule has 0 aromatic rings. The summed E-state index contributed by atoms with van der Waals surface area (Å²) in [6, 6.07) is -10.7. The van der Waals surface area contributed by atoms with Gasteiger partial charge < -0.3 is 79.7 Å². The van der Waals surface area contributed by atoms with E-state index in [1.807, 2.05) is 0 Å². The lowest BCUT2D eigenvalue weighted by atomic mass is 9.72. The lowest BCUT2D eigenvalue weighted by Crippen LogP contribution is -2.75. The van der Waals surface area contributed by atoms with Crippen LogP contribution in [-0.4, -0.2) is 243 Å². The Hall–Kier alpha value is -6.72. The maximum Gasteiger partial charge on any atom is 0.245 e. The molecule has 0 bridgehead atoms. The summed E-state index contributed by atoms with van der Waals surface area (Å²) in [5.74, 6) is -8.43. The topological polar surface area (TPSA) is 508 Å². The zero-order valence-corrected chi connectivity index (χ0v) is 45.7. The first-order valence-electron chi connectivity index (χ1n) is 27.7. The number of aliphatic hydroxyl groups is 4. The molecule has 13 unspecified atom stereocenters. The van der Waals surface area contributed by atoms with Crippen molar-refractivity contribution in [3.8, 4) is 0 Å². The predicted octanol–water partition coefficient (Wildman–Crippen LogP) is -8.67.